The standard InChI is InChI=1S/C24H24BrN5O3/c1-26-24(32)21-19(13-20(28-29-21)27-23(31)16-11-12-16)30(14-15-7-4-3-5-8-15)18-10-6-9-17(25)22(18)33-2/h3-10,13,16H,11-12,14H2,1-2H3,(H,26,32)(H,27,28,31)/i1D3. The van der Waals surface area contributed by atoms with E-state index >= 15 is 0 Å². The summed E-state index contributed by atoms with van der Waals surface area (Å²) in [5.41, 5.74) is 1.53. The molecule has 2 N–H and O–H groups in total. The summed E-state index contributed by atoms with van der Waals surface area (Å²) in [6.07, 6.45) is 1.61. The van der Waals surface area contributed by atoms with Crippen LogP contribution in [0.15, 0.2) is 59.1 Å². The second-order valence-electron chi connectivity index (χ2n) is 7.55. The van der Waals surface area contributed by atoms with Gasteiger partial charge in [-0.15, -0.1) is 10.2 Å². The minimum Gasteiger partial charge on any atom is -0.493 e. The summed E-state index contributed by atoms with van der Waals surface area (Å²) in [5.74, 6) is -0.524. The van der Waals surface area contributed by atoms with Gasteiger partial charge in [-0.2, -0.15) is 0 Å². The van der Waals surface area contributed by atoms with E-state index in [-0.39, 0.29) is 35.6 Å². The Morgan fingerprint density at radius 1 is 1.15 bits per heavy atom. The van der Waals surface area contributed by atoms with Crippen molar-refractivity contribution in [3.63, 3.8) is 0 Å². The Kier molecular flexibility index (Phi) is 5.77. The topological polar surface area (TPSA) is 96.4 Å². The number of amides is 2. The van der Waals surface area contributed by atoms with Gasteiger partial charge in [0.05, 0.1) is 23.0 Å². The molecule has 0 saturated heterocycles. The number of carbonyl (C=O) groups is 2. The fraction of sp³-hybridized carbons (Fsp3) is 0.250. The number of hydrogen-bond donors (Lipinski definition) is 2. The van der Waals surface area contributed by atoms with Crippen molar-refractivity contribution < 1.29 is 18.4 Å². The summed E-state index contributed by atoms with van der Waals surface area (Å²) in [4.78, 5) is 27.2. The second kappa shape index (κ2) is 9.99. The highest BCUT2D eigenvalue weighted by Gasteiger charge is 2.31. The van der Waals surface area contributed by atoms with Crippen molar-refractivity contribution in [2.45, 2.75) is 19.4 Å². The number of para-hydroxylation sites is 1. The number of ether oxygens (including phenoxy) is 1. The third-order valence-electron chi connectivity index (χ3n) is 5.22. The molecule has 1 fully saturated rings. The van der Waals surface area contributed by atoms with E-state index in [9.17, 15) is 9.59 Å². The van der Waals surface area contributed by atoms with E-state index in [0.717, 1.165) is 18.4 Å². The van der Waals surface area contributed by atoms with Crippen LogP contribution < -0.4 is 20.3 Å². The molecule has 0 atom stereocenters. The first-order valence-corrected chi connectivity index (χ1v) is 11.1. The Bertz CT molecular complexity index is 1270. The van der Waals surface area contributed by atoms with Crippen LogP contribution in [-0.2, 0) is 11.3 Å². The lowest BCUT2D eigenvalue weighted by Crippen LogP contribution is -2.27. The van der Waals surface area contributed by atoms with E-state index in [1.165, 1.54) is 13.2 Å². The van der Waals surface area contributed by atoms with Crippen molar-refractivity contribution in [3.8, 4) is 5.75 Å². The number of benzene rings is 2. The predicted molar refractivity (Wildman–Crippen MR) is 130 cm³/mol. The van der Waals surface area contributed by atoms with Gasteiger partial charge in [0.1, 0.15) is 0 Å². The molecule has 0 spiro atoms. The largest absolute Gasteiger partial charge is 0.493 e. The summed E-state index contributed by atoms with van der Waals surface area (Å²) >= 11 is 3.50. The van der Waals surface area contributed by atoms with Crippen molar-refractivity contribution in [1.29, 1.82) is 0 Å². The van der Waals surface area contributed by atoms with E-state index < -0.39 is 12.9 Å². The predicted octanol–water partition coefficient (Wildman–Crippen LogP) is 4.29. The molecule has 8 nitrogen and oxygen atoms in total. The van der Waals surface area contributed by atoms with Gasteiger partial charge in [0.2, 0.25) is 5.91 Å². The number of nitrogens with one attached hydrogen (secondary N) is 2. The summed E-state index contributed by atoms with van der Waals surface area (Å²) in [6.45, 7) is -2.45. The lowest BCUT2D eigenvalue weighted by molar-refractivity contribution is -0.117. The van der Waals surface area contributed by atoms with Crippen molar-refractivity contribution in [2.75, 3.05) is 24.3 Å². The Hall–Kier alpha value is -3.46. The van der Waals surface area contributed by atoms with Crippen LogP contribution in [0.4, 0.5) is 17.2 Å². The van der Waals surface area contributed by atoms with Gasteiger partial charge in [-0.05, 0) is 46.5 Å². The molecule has 2 aromatic carbocycles. The van der Waals surface area contributed by atoms with Gasteiger partial charge >= 0.3 is 0 Å². The Balaban J connectivity index is 1.87. The summed E-state index contributed by atoms with van der Waals surface area (Å²) < 4.78 is 28.7. The monoisotopic (exact) mass is 512 g/mol. The third kappa shape index (κ3) is 5.14. The molecule has 1 saturated carbocycles. The molecule has 0 bridgehead atoms. The van der Waals surface area contributed by atoms with Crippen LogP contribution >= 0.6 is 15.9 Å². The fourth-order valence-electron chi connectivity index (χ4n) is 3.42. The van der Waals surface area contributed by atoms with Crippen molar-refractivity contribution >= 4 is 44.9 Å². The molecule has 1 heterocycles. The first-order valence-electron chi connectivity index (χ1n) is 11.8. The van der Waals surface area contributed by atoms with Crippen LogP contribution in [0.5, 0.6) is 5.75 Å². The van der Waals surface area contributed by atoms with Crippen molar-refractivity contribution in [3.05, 3.63) is 70.3 Å². The molecule has 0 aliphatic heterocycles. The minimum atomic E-state index is -2.73. The smallest absolute Gasteiger partial charge is 0.273 e. The van der Waals surface area contributed by atoms with E-state index in [0.29, 0.717) is 15.9 Å². The highest BCUT2D eigenvalue weighted by atomic mass is 79.9. The van der Waals surface area contributed by atoms with Gasteiger partial charge in [-0.3, -0.25) is 9.59 Å². The molecule has 3 aromatic rings. The summed E-state index contributed by atoms with van der Waals surface area (Å²) in [6, 6.07) is 16.5. The summed E-state index contributed by atoms with van der Waals surface area (Å²) in [7, 11) is 1.53. The van der Waals surface area contributed by atoms with E-state index in [4.69, 9.17) is 8.85 Å². The van der Waals surface area contributed by atoms with Crippen molar-refractivity contribution in [2.24, 2.45) is 5.92 Å². The summed E-state index contributed by atoms with van der Waals surface area (Å²) in [5, 5.41) is 12.8. The highest BCUT2D eigenvalue weighted by molar-refractivity contribution is 9.10. The molecule has 2 amide bonds. The fourth-order valence-corrected chi connectivity index (χ4v) is 3.94. The lowest BCUT2D eigenvalue weighted by atomic mass is 10.1. The first-order chi connectivity index (χ1) is 17.2. The molecule has 1 aliphatic rings. The Labute approximate surface area is 204 Å². The van der Waals surface area contributed by atoms with Crippen LogP contribution in [0.1, 0.15) is 33.0 Å². The van der Waals surface area contributed by atoms with Gasteiger partial charge in [0, 0.05) is 29.6 Å². The highest BCUT2D eigenvalue weighted by Crippen LogP contribution is 2.41. The zero-order valence-corrected chi connectivity index (χ0v) is 19.4. The molecule has 1 aliphatic carbocycles. The first kappa shape index (κ1) is 19.0. The van der Waals surface area contributed by atoms with Crippen LogP contribution in [0.2, 0.25) is 0 Å². The SMILES string of the molecule is [2H]C([2H])([2H])NC(=O)c1nnc(NC(=O)C2CC2)cc1N(Cc1ccccc1)c1cccc(Br)c1OC. The molecule has 1 aromatic heterocycles. The minimum absolute atomic E-state index is 0.0700. The molecule has 9 heteroatoms. The quantitative estimate of drug-likeness (QED) is 0.467. The van der Waals surface area contributed by atoms with Crippen LogP contribution in [0, 0.1) is 5.92 Å². The number of halogens is 1. The molecule has 33 heavy (non-hydrogen) atoms. The number of carbonyl (C=O) groups excluding carboxylic acids is 2. The van der Waals surface area contributed by atoms with Crippen LogP contribution in [-0.4, -0.2) is 36.1 Å². The number of anilines is 3. The van der Waals surface area contributed by atoms with Gasteiger partial charge in [0.25, 0.3) is 5.91 Å². The molecular formula is C24H24BrN5O3. The Morgan fingerprint density at radius 3 is 2.64 bits per heavy atom. The maximum absolute atomic E-state index is 13.0. The van der Waals surface area contributed by atoms with E-state index in [1.54, 1.807) is 11.0 Å². The second-order valence-corrected chi connectivity index (χ2v) is 8.40. The van der Waals surface area contributed by atoms with Gasteiger partial charge < -0.3 is 20.3 Å². The molecule has 170 valence electrons. The van der Waals surface area contributed by atoms with Crippen molar-refractivity contribution in [1.82, 2.24) is 15.5 Å². The van der Waals surface area contributed by atoms with Gasteiger partial charge in [-0.1, -0.05) is 36.4 Å². The van der Waals surface area contributed by atoms with E-state index in [2.05, 4.69) is 31.4 Å². The van der Waals surface area contributed by atoms with Gasteiger partial charge in [0.15, 0.2) is 17.3 Å². The average molecular weight is 513 g/mol. The van der Waals surface area contributed by atoms with E-state index in [1.807, 2.05) is 47.8 Å². The normalized spacial score (nSPS) is 14.4. The number of rotatable bonds is 8. The zero-order valence-electron chi connectivity index (χ0n) is 20.8. The van der Waals surface area contributed by atoms with Crippen LogP contribution in [0.25, 0.3) is 0 Å². The molecule has 0 unspecified atom stereocenters. The Morgan fingerprint density at radius 2 is 1.94 bits per heavy atom. The number of hydrogen-bond acceptors (Lipinski definition) is 6. The molecule has 0 radical (unpaired) electrons. The zero-order chi connectivity index (χ0) is 25.9. The number of aromatic nitrogens is 2. The van der Waals surface area contributed by atoms with Gasteiger partial charge in [-0.25, -0.2) is 0 Å². The average Bonchev–Trinajstić information content (AvgIpc) is 3.68. The lowest BCUT2D eigenvalue weighted by Gasteiger charge is -2.28. The maximum Gasteiger partial charge on any atom is 0.273 e. The third-order valence-corrected chi connectivity index (χ3v) is 5.84. The number of methoxy groups -OCH3 is 1. The number of nitrogens with zero attached hydrogens (tertiary/aromatic N) is 3. The maximum atomic E-state index is 13.0. The molecule has 4 rings (SSSR count). The molecular weight excluding hydrogens is 486 g/mol. The van der Waals surface area contributed by atoms with Crippen LogP contribution in [0.3, 0.4) is 0 Å².